The molecule has 0 aliphatic carbocycles. The molecular weight excluding hydrogens is 447 g/mol. The Hall–Kier alpha value is -2.24. The molecule has 0 bridgehead atoms. The molecule has 2 rings (SSSR count). The van der Waals surface area contributed by atoms with E-state index in [1.165, 1.54) is 10.5 Å². The summed E-state index contributed by atoms with van der Waals surface area (Å²) in [7, 11) is 0. The number of halogens is 2. The van der Waals surface area contributed by atoms with Crippen molar-refractivity contribution < 1.29 is 14.3 Å². The summed E-state index contributed by atoms with van der Waals surface area (Å²) in [5.74, 6) is 0.454. The molecule has 0 fully saturated rings. The van der Waals surface area contributed by atoms with Gasteiger partial charge < -0.3 is 15.0 Å². The van der Waals surface area contributed by atoms with Gasteiger partial charge in [0.05, 0.1) is 0 Å². The zero-order chi connectivity index (χ0) is 23.7. The average molecular weight is 479 g/mol. The van der Waals surface area contributed by atoms with E-state index in [0.29, 0.717) is 33.8 Å². The van der Waals surface area contributed by atoms with Crippen LogP contribution in [0, 0.1) is 0 Å². The van der Waals surface area contributed by atoms with E-state index in [0.717, 1.165) is 12.8 Å². The van der Waals surface area contributed by atoms with Gasteiger partial charge in [0.1, 0.15) is 11.8 Å². The van der Waals surface area contributed by atoms with E-state index in [1.807, 2.05) is 24.3 Å². The number of ether oxygens (including phenoxy) is 1. The first-order chi connectivity index (χ1) is 15.2. The first-order valence-corrected chi connectivity index (χ1v) is 11.7. The van der Waals surface area contributed by atoms with Crippen molar-refractivity contribution in [2.24, 2.45) is 0 Å². The molecule has 1 unspecified atom stereocenters. The van der Waals surface area contributed by atoms with Gasteiger partial charge in [-0.05, 0) is 49.1 Å². The third-order valence-corrected chi connectivity index (χ3v) is 6.00. The molecule has 0 aliphatic heterocycles. The SMILES string of the molecule is CCCCNC(=O)C(C)N(Cc1c(Cl)cccc1Cl)C(=O)COc1ccc(C(C)C)cc1. The number of rotatable bonds is 11. The summed E-state index contributed by atoms with van der Waals surface area (Å²) in [5.41, 5.74) is 1.79. The third kappa shape index (κ3) is 7.42. The van der Waals surface area contributed by atoms with E-state index in [4.69, 9.17) is 27.9 Å². The van der Waals surface area contributed by atoms with Crippen molar-refractivity contribution in [2.45, 2.75) is 59.0 Å². The Morgan fingerprint density at radius 2 is 1.66 bits per heavy atom. The van der Waals surface area contributed by atoms with Crippen LogP contribution in [0.3, 0.4) is 0 Å². The van der Waals surface area contributed by atoms with Gasteiger partial charge in [-0.15, -0.1) is 0 Å². The van der Waals surface area contributed by atoms with Crippen LogP contribution >= 0.6 is 23.2 Å². The lowest BCUT2D eigenvalue weighted by Crippen LogP contribution is -2.49. The predicted octanol–water partition coefficient (Wildman–Crippen LogP) is 5.83. The van der Waals surface area contributed by atoms with E-state index in [2.05, 4.69) is 26.1 Å². The Morgan fingerprint density at radius 3 is 2.22 bits per heavy atom. The Kier molecular flexibility index (Phi) is 10.3. The molecular formula is C25H32Cl2N2O3. The summed E-state index contributed by atoms with van der Waals surface area (Å²) in [6, 6.07) is 12.1. The first-order valence-electron chi connectivity index (χ1n) is 11.0. The summed E-state index contributed by atoms with van der Waals surface area (Å²) in [6.07, 6.45) is 1.84. The average Bonchev–Trinajstić information content (AvgIpc) is 2.77. The van der Waals surface area contributed by atoms with E-state index >= 15 is 0 Å². The highest BCUT2D eigenvalue weighted by Crippen LogP contribution is 2.27. The normalized spacial score (nSPS) is 11.8. The topological polar surface area (TPSA) is 58.6 Å². The number of carbonyl (C=O) groups excluding carboxylic acids is 2. The van der Waals surface area contributed by atoms with Gasteiger partial charge in [0.25, 0.3) is 5.91 Å². The molecule has 2 amide bonds. The molecule has 5 nitrogen and oxygen atoms in total. The highest BCUT2D eigenvalue weighted by molar-refractivity contribution is 6.36. The second-order valence-corrected chi connectivity index (χ2v) is 8.87. The van der Waals surface area contributed by atoms with Crippen LogP contribution in [-0.4, -0.2) is 35.9 Å². The van der Waals surface area contributed by atoms with Crippen molar-refractivity contribution in [1.29, 1.82) is 0 Å². The maximum atomic E-state index is 13.1. The van der Waals surface area contributed by atoms with Gasteiger partial charge in [0, 0.05) is 28.7 Å². The fraction of sp³-hybridized carbons (Fsp3) is 0.440. The van der Waals surface area contributed by atoms with Gasteiger partial charge in [-0.1, -0.05) is 68.6 Å². The van der Waals surface area contributed by atoms with Crippen LogP contribution in [0.1, 0.15) is 57.6 Å². The van der Waals surface area contributed by atoms with Crippen molar-refractivity contribution in [3.8, 4) is 5.75 Å². The second kappa shape index (κ2) is 12.7. The van der Waals surface area contributed by atoms with Gasteiger partial charge in [-0.2, -0.15) is 0 Å². The summed E-state index contributed by atoms with van der Waals surface area (Å²) >= 11 is 12.6. The minimum Gasteiger partial charge on any atom is -0.484 e. The van der Waals surface area contributed by atoms with Gasteiger partial charge in [-0.25, -0.2) is 0 Å². The summed E-state index contributed by atoms with van der Waals surface area (Å²) < 4.78 is 5.72. The van der Waals surface area contributed by atoms with Crippen molar-refractivity contribution in [3.05, 3.63) is 63.6 Å². The lowest BCUT2D eigenvalue weighted by Gasteiger charge is -2.29. The van der Waals surface area contributed by atoms with Crippen LogP contribution in [0.2, 0.25) is 10.0 Å². The zero-order valence-electron chi connectivity index (χ0n) is 19.2. The van der Waals surface area contributed by atoms with Crippen molar-refractivity contribution >= 4 is 35.0 Å². The molecule has 1 N–H and O–H groups in total. The largest absolute Gasteiger partial charge is 0.484 e. The number of benzene rings is 2. The van der Waals surface area contributed by atoms with Crippen LogP contribution in [0.15, 0.2) is 42.5 Å². The standard InChI is InChI=1S/C25H32Cl2N2O3/c1-5-6-14-28-25(31)18(4)29(15-21-22(26)8-7-9-23(21)27)24(30)16-32-20-12-10-19(11-13-20)17(2)3/h7-13,17-18H,5-6,14-16H2,1-4H3,(H,28,31). The molecule has 2 aromatic rings. The van der Waals surface area contributed by atoms with Gasteiger partial charge >= 0.3 is 0 Å². The quantitative estimate of drug-likeness (QED) is 0.413. The predicted molar refractivity (Wildman–Crippen MR) is 130 cm³/mol. The van der Waals surface area contributed by atoms with Gasteiger partial charge in [0.2, 0.25) is 5.91 Å². The summed E-state index contributed by atoms with van der Waals surface area (Å²) in [5, 5.41) is 3.77. The lowest BCUT2D eigenvalue weighted by molar-refractivity contribution is -0.142. The van der Waals surface area contributed by atoms with Crippen LogP contribution < -0.4 is 10.1 Å². The number of unbranched alkanes of at least 4 members (excludes halogenated alkanes) is 1. The zero-order valence-corrected chi connectivity index (χ0v) is 20.7. The smallest absolute Gasteiger partial charge is 0.261 e. The van der Waals surface area contributed by atoms with Gasteiger partial charge in [-0.3, -0.25) is 9.59 Å². The molecule has 174 valence electrons. The van der Waals surface area contributed by atoms with Crippen LogP contribution in [0.4, 0.5) is 0 Å². The number of carbonyl (C=O) groups is 2. The molecule has 2 aromatic carbocycles. The molecule has 32 heavy (non-hydrogen) atoms. The number of amides is 2. The lowest BCUT2D eigenvalue weighted by atomic mass is 10.0. The maximum Gasteiger partial charge on any atom is 0.261 e. The molecule has 0 saturated heterocycles. The van der Waals surface area contributed by atoms with E-state index in [-0.39, 0.29) is 25.0 Å². The molecule has 0 heterocycles. The third-order valence-electron chi connectivity index (χ3n) is 5.30. The van der Waals surface area contributed by atoms with Crippen molar-refractivity contribution in [2.75, 3.05) is 13.2 Å². The highest BCUT2D eigenvalue weighted by atomic mass is 35.5. The molecule has 1 atom stereocenters. The Balaban J connectivity index is 2.16. The maximum absolute atomic E-state index is 13.1. The van der Waals surface area contributed by atoms with E-state index < -0.39 is 6.04 Å². The van der Waals surface area contributed by atoms with Crippen molar-refractivity contribution in [1.82, 2.24) is 10.2 Å². The second-order valence-electron chi connectivity index (χ2n) is 8.05. The molecule has 0 aromatic heterocycles. The van der Waals surface area contributed by atoms with E-state index in [9.17, 15) is 9.59 Å². The van der Waals surface area contributed by atoms with Crippen LogP contribution in [0.25, 0.3) is 0 Å². The number of nitrogens with zero attached hydrogens (tertiary/aromatic N) is 1. The Bertz CT molecular complexity index is 880. The highest BCUT2D eigenvalue weighted by Gasteiger charge is 2.27. The molecule has 0 spiro atoms. The van der Waals surface area contributed by atoms with Crippen LogP contribution in [-0.2, 0) is 16.1 Å². The molecule has 0 aliphatic rings. The van der Waals surface area contributed by atoms with Gasteiger partial charge in [0.15, 0.2) is 6.61 Å². The van der Waals surface area contributed by atoms with Crippen molar-refractivity contribution in [3.63, 3.8) is 0 Å². The Labute approximate surface area is 201 Å². The Morgan fingerprint density at radius 1 is 1.03 bits per heavy atom. The monoisotopic (exact) mass is 478 g/mol. The minimum absolute atomic E-state index is 0.106. The fourth-order valence-corrected chi connectivity index (χ4v) is 3.67. The number of hydrogen-bond donors (Lipinski definition) is 1. The number of nitrogens with one attached hydrogen (secondary N) is 1. The molecule has 7 heteroatoms. The first kappa shape index (κ1) is 26.0. The fourth-order valence-electron chi connectivity index (χ4n) is 3.15. The summed E-state index contributed by atoms with van der Waals surface area (Å²) in [6.45, 7) is 8.45. The van der Waals surface area contributed by atoms with E-state index in [1.54, 1.807) is 25.1 Å². The number of hydrogen-bond acceptors (Lipinski definition) is 3. The summed E-state index contributed by atoms with van der Waals surface area (Å²) in [4.78, 5) is 27.3. The molecule has 0 radical (unpaired) electrons. The van der Waals surface area contributed by atoms with Crippen LogP contribution in [0.5, 0.6) is 5.75 Å². The molecule has 0 saturated carbocycles. The minimum atomic E-state index is -0.710.